The van der Waals surface area contributed by atoms with Crippen LogP contribution in [0.2, 0.25) is 0 Å². The van der Waals surface area contributed by atoms with E-state index in [-0.39, 0.29) is 0 Å². The Hall–Kier alpha value is -11.0. The van der Waals surface area contributed by atoms with Gasteiger partial charge in [0.25, 0.3) is 0 Å². The van der Waals surface area contributed by atoms with Crippen molar-refractivity contribution in [2.45, 2.75) is 15.2 Å². The van der Waals surface area contributed by atoms with E-state index < -0.39 is 5.41 Å². The number of para-hydroxylation sites is 6. The molecule has 18 rings (SSSR count). The van der Waals surface area contributed by atoms with Crippen LogP contribution in [-0.4, -0.2) is 28.2 Å². The third-order valence-corrected chi connectivity index (χ3v) is 18.8. The molecule has 1 aliphatic heterocycles. The molecule has 0 saturated carbocycles. The fraction of sp³-hybridized carbons (Fsp3) is 0.0137. The van der Waals surface area contributed by atoms with Crippen LogP contribution in [-0.2, 0) is 5.41 Å². The molecule has 16 aromatic rings. The zero-order valence-electron chi connectivity index (χ0n) is 43.6. The largest absolute Gasteiger partial charge is 0.308 e. The molecule has 0 bridgehead atoms. The lowest BCUT2D eigenvalue weighted by Crippen LogP contribution is -2.33. The molecule has 6 aromatic heterocycles. The molecule has 0 unspecified atom stereocenters. The summed E-state index contributed by atoms with van der Waals surface area (Å²) in [6.45, 7) is 0. The minimum absolute atomic E-state index is 0.610. The van der Waals surface area contributed by atoms with Gasteiger partial charge in [0, 0.05) is 64.0 Å². The number of nitriles is 2. The van der Waals surface area contributed by atoms with Gasteiger partial charge in [-0.3, -0.25) is 9.97 Å². The minimum Gasteiger partial charge on any atom is -0.308 e. The lowest BCUT2D eigenvalue weighted by atomic mass is 9.67. The monoisotopic (exact) mass is 1060 g/mol. The van der Waals surface area contributed by atoms with E-state index in [4.69, 9.17) is 9.97 Å². The van der Waals surface area contributed by atoms with Gasteiger partial charge in [-0.2, -0.15) is 10.5 Å². The maximum atomic E-state index is 10.2. The van der Waals surface area contributed by atoms with E-state index in [0.29, 0.717) is 11.1 Å². The highest BCUT2D eigenvalue weighted by Gasteiger charge is 2.53. The predicted octanol–water partition coefficient (Wildman–Crippen LogP) is 17.4. The number of nitrogens with zero attached hydrogens (tertiary/aromatic N) is 8. The van der Waals surface area contributed by atoms with Crippen LogP contribution in [0.1, 0.15) is 33.4 Å². The molecule has 0 radical (unpaired) electrons. The molecule has 9 heteroatoms. The fourth-order valence-corrected chi connectivity index (χ4v) is 15.7. The molecule has 0 amide bonds. The first-order valence-corrected chi connectivity index (χ1v) is 28.2. The van der Waals surface area contributed by atoms with E-state index in [9.17, 15) is 10.5 Å². The molecule has 0 atom stereocenters. The highest BCUT2D eigenvalue weighted by Crippen LogP contribution is 2.64. The second-order valence-electron chi connectivity index (χ2n) is 21.5. The van der Waals surface area contributed by atoms with Crippen molar-refractivity contribution < 1.29 is 0 Å². The van der Waals surface area contributed by atoms with Crippen LogP contribution in [0.25, 0.3) is 121 Å². The van der Waals surface area contributed by atoms with E-state index in [1.54, 1.807) is 0 Å². The Kier molecular flexibility index (Phi) is 9.07. The van der Waals surface area contributed by atoms with Gasteiger partial charge in [-0.1, -0.05) is 145 Å². The van der Waals surface area contributed by atoms with E-state index in [1.807, 2.05) is 48.4 Å². The van der Waals surface area contributed by atoms with Gasteiger partial charge in [0.2, 0.25) is 0 Å². The molecule has 82 heavy (non-hydrogen) atoms. The van der Waals surface area contributed by atoms with Crippen LogP contribution in [0, 0.1) is 22.7 Å². The van der Waals surface area contributed by atoms with Crippen molar-refractivity contribution in [1.82, 2.24) is 28.2 Å². The Balaban J connectivity index is 1.02. The second-order valence-corrected chi connectivity index (χ2v) is 22.5. The summed E-state index contributed by atoms with van der Waals surface area (Å²) in [5.74, 6) is 0. The van der Waals surface area contributed by atoms with Crippen molar-refractivity contribution in [1.29, 1.82) is 10.5 Å². The molecule has 7 heterocycles. The molecule has 10 aromatic carbocycles. The van der Waals surface area contributed by atoms with Crippen LogP contribution in [0.4, 0.5) is 0 Å². The SMILES string of the molecule is N#Cc1ccc2c(c1)c1ccccc1n2-c1cnc2c(c1)C1(c3cc(-n4c5ccccc5c5cc(C#N)ccc54)cnc3-2)c2cccc(-n3c4ccccc4c4ccccc43)c2Sc2c(-n3c4ccccc4c4ccccc43)cccc21. The Bertz CT molecular complexity index is 5170. The van der Waals surface area contributed by atoms with Gasteiger partial charge in [0.05, 0.1) is 119 Å². The standard InChI is InChI=1S/C73H40N8S/c74-39-43-31-33-65-53(35-43)51-19-5-7-23-59(51)78(65)45-37-57-69(76-41-45)70-58(38-46(42-77-70)79-60-24-8-6-20-52(60)54-36-44(40-75)32-34-66(54)79)73(57)55-21-13-29-67(80-61-25-9-1-15-47(61)48-16-2-10-26-62(48)80)71(55)82-72-56(73)22-14-30-68(72)81-63-27-11-3-17-49(63)50-18-4-12-28-64(50)81/h1-38,41-42H. The van der Waals surface area contributed by atoms with Crippen molar-refractivity contribution in [2.24, 2.45) is 0 Å². The highest BCUT2D eigenvalue weighted by atomic mass is 32.2. The normalized spacial score (nSPS) is 13.1. The molecule has 0 fully saturated rings. The van der Waals surface area contributed by atoms with E-state index in [1.165, 1.54) is 21.5 Å². The van der Waals surface area contributed by atoms with E-state index in [2.05, 4.69) is 237 Å². The Morgan fingerprint density at radius 2 is 0.646 bits per heavy atom. The van der Waals surface area contributed by atoms with Crippen LogP contribution in [0.3, 0.4) is 0 Å². The molecular formula is C73H40N8S. The summed E-state index contributed by atoms with van der Waals surface area (Å²) in [5, 5.41) is 29.2. The third-order valence-electron chi connectivity index (χ3n) is 17.5. The molecule has 378 valence electrons. The van der Waals surface area contributed by atoms with Crippen LogP contribution in [0.5, 0.6) is 0 Å². The number of aromatic nitrogens is 6. The number of benzene rings is 10. The highest BCUT2D eigenvalue weighted by molar-refractivity contribution is 7.99. The molecule has 8 nitrogen and oxygen atoms in total. The minimum atomic E-state index is -1.02. The summed E-state index contributed by atoms with van der Waals surface area (Å²) in [6.07, 6.45) is 4.01. The number of pyridine rings is 2. The Morgan fingerprint density at radius 1 is 0.317 bits per heavy atom. The van der Waals surface area contributed by atoms with E-state index >= 15 is 0 Å². The van der Waals surface area contributed by atoms with Gasteiger partial charge in [-0.25, -0.2) is 0 Å². The van der Waals surface area contributed by atoms with Gasteiger partial charge < -0.3 is 18.3 Å². The maximum Gasteiger partial charge on any atom is 0.0991 e. The zero-order chi connectivity index (χ0) is 53.9. The number of fused-ring (bicyclic) bond motifs is 21. The number of rotatable bonds is 4. The van der Waals surface area contributed by atoms with Crippen molar-refractivity contribution >= 4 is 99.0 Å². The first kappa shape index (κ1) is 45.0. The molecule has 1 spiro atoms. The van der Waals surface area contributed by atoms with Crippen molar-refractivity contribution in [3.05, 3.63) is 276 Å². The second kappa shape index (κ2) is 16.5. The number of hydrogen-bond donors (Lipinski definition) is 0. The van der Waals surface area contributed by atoms with Crippen molar-refractivity contribution in [2.75, 3.05) is 0 Å². The molecule has 0 saturated heterocycles. The van der Waals surface area contributed by atoms with Crippen molar-refractivity contribution in [3.63, 3.8) is 0 Å². The molecule has 0 N–H and O–H groups in total. The number of hydrogen-bond acceptors (Lipinski definition) is 5. The van der Waals surface area contributed by atoms with Gasteiger partial charge in [0.15, 0.2) is 0 Å². The fourth-order valence-electron chi connectivity index (χ4n) is 14.3. The Morgan fingerprint density at radius 3 is 1.01 bits per heavy atom. The summed E-state index contributed by atoms with van der Waals surface area (Å²) in [7, 11) is 0. The molecule has 1 aliphatic carbocycles. The van der Waals surface area contributed by atoms with E-state index in [0.717, 1.165) is 132 Å². The summed E-state index contributed by atoms with van der Waals surface area (Å²) in [5.41, 5.74) is 18.6. The Labute approximate surface area is 472 Å². The zero-order valence-corrected chi connectivity index (χ0v) is 44.4. The van der Waals surface area contributed by atoms with Gasteiger partial charge in [-0.05, 0) is 108 Å². The maximum absolute atomic E-state index is 10.2. The smallest absolute Gasteiger partial charge is 0.0991 e. The summed E-state index contributed by atoms with van der Waals surface area (Å²) in [6, 6.07) is 87.3. The third kappa shape index (κ3) is 5.78. The van der Waals surface area contributed by atoms with Crippen LogP contribution >= 0.6 is 11.8 Å². The lowest BCUT2D eigenvalue weighted by molar-refractivity contribution is 0.713. The van der Waals surface area contributed by atoms with Crippen molar-refractivity contribution in [3.8, 4) is 46.3 Å². The molecule has 2 aliphatic rings. The first-order chi connectivity index (χ1) is 40.6. The summed E-state index contributed by atoms with van der Waals surface area (Å²) < 4.78 is 9.56. The van der Waals surface area contributed by atoms with Gasteiger partial charge in [0.1, 0.15) is 0 Å². The summed E-state index contributed by atoms with van der Waals surface area (Å²) in [4.78, 5) is 13.5. The first-order valence-electron chi connectivity index (χ1n) is 27.4. The quantitative estimate of drug-likeness (QED) is 0.175. The average molecular weight is 1060 g/mol. The molecular weight excluding hydrogens is 1020 g/mol. The topological polar surface area (TPSA) is 93.1 Å². The summed E-state index contributed by atoms with van der Waals surface area (Å²) >= 11 is 1.85. The van der Waals surface area contributed by atoms with Crippen LogP contribution < -0.4 is 0 Å². The average Bonchev–Trinajstić information content (AvgIpc) is 1.56. The lowest BCUT2D eigenvalue weighted by Gasteiger charge is -2.41. The predicted molar refractivity (Wildman–Crippen MR) is 330 cm³/mol. The van der Waals surface area contributed by atoms with Crippen LogP contribution in [0.15, 0.2) is 253 Å². The van der Waals surface area contributed by atoms with Gasteiger partial charge in [-0.15, -0.1) is 0 Å². The van der Waals surface area contributed by atoms with Gasteiger partial charge >= 0.3 is 0 Å².